The Bertz CT molecular complexity index is 604. The predicted octanol–water partition coefficient (Wildman–Crippen LogP) is 2.64. The molecule has 3 rings (SSSR count). The molecule has 2 aliphatic rings. The Morgan fingerprint density at radius 1 is 1.36 bits per heavy atom. The number of benzene rings is 1. The van der Waals surface area contributed by atoms with Gasteiger partial charge in [-0.2, -0.15) is 0 Å². The maximum Gasteiger partial charge on any atom is 0.243 e. The fraction of sp³-hybridized carbons (Fsp3) is 0.500. The third-order valence-corrected chi connectivity index (χ3v) is 4.85. The number of carbonyl (C=O) groups excluding carboxylic acids is 2. The second kappa shape index (κ2) is 6.24. The molecular weight excluding hydrogens is 307 g/mol. The summed E-state index contributed by atoms with van der Waals surface area (Å²) in [4.78, 5) is 26.1. The largest absolute Gasteiger partial charge is 0.350 e. The van der Waals surface area contributed by atoms with Gasteiger partial charge in [-0.05, 0) is 43.4 Å². The molecule has 0 radical (unpaired) electrons. The summed E-state index contributed by atoms with van der Waals surface area (Å²) in [7, 11) is 0. The second-order valence-electron chi connectivity index (χ2n) is 5.89. The first-order valence-corrected chi connectivity index (χ1v) is 7.97. The van der Waals surface area contributed by atoms with Crippen molar-refractivity contribution >= 4 is 23.4 Å². The van der Waals surface area contributed by atoms with E-state index >= 15 is 0 Å². The van der Waals surface area contributed by atoms with Crippen molar-refractivity contribution in [3.8, 4) is 0 Å². The molecule has 1 atom stereocenters. The van der Waals surface area contributed by atoms with E-state index < -0.39 is 5.82 Å². The Balaban J connectivity index is 1.62. The van der Waals surface area contributed by atoms with Crippen LogP contribution in [0.2, 0.25) is 5.02 Å². The summed E-state index contributed by atoms with van der Waals surface area (Å²) in [5.74, 6) is -0.486. The van der Waals surface area contributed by atoms with E-state index in [0.29, 0.717) is 23.4 Å². The fourth-order valence-electron chi connectivity index (χ4n) is 3.05. The van der Waals surface area contributed by atoms with Crippen molar-refractivity contribution in [3.05, 3.63) is 34.6 Å². The van der Waals surface area contributed by atoms with Gasteiger partial charge in [-0.1, -0.05) is 17.7 Å². The van der Waals surface area contributed by atoms with E-state index in [1.54, 1.807) is 11.0 Å². The number of hydrogen-bond donors (Lipinski definition) is 1. The minimum absolute atomic E-state index is 0.0738. The highest BCUT2D eigenvalue weighted by atomic mass is 35.5. The third-order valence-electron chi connectivity index (χ3n) is 4.49. The van der Waals surface area contributed by atoms with Gasteiger partial charge < -0.3 is 10.2 Å². The molecule has 22 heavy (non-hydrogen) atoms. The average molecular weight is 325 g/mol. The van der Waals surface area contributed by atoms with Crippen molar-refractivity contribution in [2.45, 2.75) is 50.7 Å². The summed E-state index contributed by atoms with van der Waals surface area (Å²) in [5.41, 5.74) is 0.663. The van der Waals surface area contributed by atoms with E-state index in [9.17, 15) is 14.0 Å². The lowest BCUT2D eigenvalue weighted by Gasteiger charge is -2.38. The molecule has 6 heteroatoms. The van der Waals surface area contributed by atoms with E-state index in [1.165, 1.54) is 12.1 Å². The van der Waals surface area contributed by atoms with Crippen LogP contribution in [0, 0.1) is 5.82 Å². The number of rotatable bonds is 4. The van der Waals surface area contributed by atoms with Crippen LogP contribution in [0.15, 0.2) is 18.2 Å². The topological polar surface area (TPSA) is 49.4 Å². The van der Waals surface area contributed by atoms with E-state index in [2.05, 4.69) is 5.32 Å². The smallest absolute Gasteiger partial charge is 0.243 e. The lowest BCUT2D eigenvalue weighted by molar-refractivity contribution is -0.139. The highest BCUT2D eigenvalue weighted by Gasteiger charge is 2.41. The molecule has 1 aliphatic heterocycles. The highest BCUT2D eigenvalue weighted by Crippen LogP contribution is 2.32. The van der Waals surface area contributed by atoms with E-state index in [0.717, 1.165) is 19.3 Å². The number of nitrogens with one attached hydrogen (secondary N) is 1. The molecule has 0 aromatic heterocycles. The van der Waals surface area contributed by atoms with Crippen LogP contribution in [0.5, 0.6) is 0 Å². The minimum atomic E-state index is -0.405. The Morgan fingerprint density at radius 2 is 2.14 bits per heavy atom. The Labute approximate surface area is 133 Å². The van der Waals surface area contributed by atoms with Crippen molar-refractivity contribution in [3.63, 3.8) is 0 Å². The molecule has 2 amide bonds. The van der Waals surface area contributed by atoms with Gasteiger partial charge in [-0.15, -0.1) is 0 Å². The van der Waals surface area contributed by atoms with E-state index in [4.69, 9.17) is 11.6 Å². The molecule has 0 bridgehead atoms. The molecule has 1 N–H and O–H groups in total. The monoisotopic (exact) mass is 324 g/mol. The van der Waals surface area contributed by atoms with Crippen molar-refractivity contribution in [1.29, 1.82) is 0 Å². The molecule has 0 spiro atoms. The van der Waals surface area contributed by atoms with Gasteiger partial charge in [-0.25, -0.2) is 4.39 Å². The van der Waals surface area contributed by atoms with Crippen LogP contribution >= 0.6 is 11.6 Å². The van der Waals surface area contributed by atoms with Crippen LogP contribution in [-0.2, 0) is 16.1 Å². The summed E-state index contributed by atoms with van der Waals surface area (Å²) in [6.45, 7) is 0.237. The SMILES string of the molecule is O=C(NCc1ccc(F)cc1Cl)[C@@H]1CCC(=O)N1C1CCC1. The van der Waals surface area contributed by atoms with Crippen molar-refractivity contribution < 1.29 is 14.0 Å². The van der Waals surface area contributed by atoms with Crippen LogP contribution in [0.4, 0.5) is 4.39 Å². The van der Waals surface area contributed by atoms with Crippen LogP contribution < -0.4 is 5.32 Å². The molecule has 118 valence electrons. The van der Waals surface area contributed by atoms with Gasteiger partial charge in [0.1, 0.15) is 11.9 Å². The maximum absolute atomic E-state index is 13.0. The molecule has 1 saturated heterocycles. The van der Waals surface area contributed by atoms with Crippen molar-refractivity contribution in [1.82, 2.24) is 10.2 Å². The van der Waals surface area contributed by atoms with Gasteiger partial charge in [0.2, 0.25) is 11.8 Å². The molecule has 0 unspecified atom stereocenters. The highest BCUT2D eigenvalue weighted by molar-refractivity contribution is 6.31. The van der Waals surface area contributed by atoms with Gasteiger partial charge in [0, 0.05) is 24.0 Å². The van der Waals surface area contributed by atoms with E-state index in [1.807, 2.05) is 0 Å². The molecule has 2 fully saturated rings. The minimum Gasteiger partial charge on any atom is -0.350 e. The first-order chi connectivity index (χ1) is 10.6. The second-order valence-corrected chi connectivity index (χ2v) is 6.30. The quantitative estimate of drug-likeness (QED) is 0.925. The summed E-state index contributed by atoms with van der Waals surface area (Å²) in [6, 6.07) is 3.94. The molecule has 1 saturated carbocycles. The number of halogens is 2. The summed E-state index contributed by atoms with van der Waals surface area (Å²) in [6.07, 6.45) is 4.09. The first kappa shape index (κ1) is 15.3. The zero-order valence-corrected chi connectivity index (χ0v) is 12.9. The third kappa shape index (κ3) is 2.95. The van der Waals surface area contributed by atoms with Gasteiger partial charge in [-0.3, -0.25) is 9.59 Å². The van der Waals surface area contributed by atoms with Gasteiger partial charge in [0.15, 0.2) is 0 Å². The summed E-state index contributed by atoms with van der Waals surface area (Å²) < 4.78 is 13.0. The average Bonchev–Trinajstić information content (AvgIpc) is 2.78. The lowest BCUT2D eigenvalue weighted by Crippen LogP contribution is -2.51. The molecule has 4 nitrogen and oxygen atoms in total. The van der Waals surface area contributed by atoms with Crippen LogP contribution in [0.3, 0.4) is 0 Å². The Morgan fingerprint density at radius 3 is 2.77 bits per heavy atom. The van der Waals surface area contributed by atoms with Gasteiger partial charge in [0.25, 0.3) is 0 Å². The van der Waals surface area contributed by atoms with Crippen LogP contribution in [0.1, 0.15) is 37.7 Å². The van der Waals surface area contributed by atoms with Crippen molar-refractivity contribution in [2.24, 2.45) is 0 Å². The van der Waals surface area contributed by atoms with Gasteiger partial charge in [0.05, 0.1) is 0 Å². The molecule has 1 aliphatic carbocycles. The van der Waals surface area contributed by atoms with Crippen molar-refractivity contribution in [2.75, 3.05) is 0 Å². The molecule has 1 aromatic rings. The summed E-state index contributed by atoms with van der Waals surface area (Å²) >= 11 is 5.95. The number of nitrogens with zero attached hydrogens (tertiary/aromatic N) is 1. The van der Waals surface area contributed by atoms with Crippen LogP contribution in [0.25, 0.3) is 0 Å². The molecule has 1 aromatic carbocycles. The Hall–Kier alpha value is -1.62. The zero-order valence-electron chi connectivity index (χ0n) is 12.1. The first-order valence-electron chi connectivity index (χ1n) is 7.59. The number of likely N-dealkylation sites (tertiary alicyclic amines) is 1. The summed E-state index contributed by atoms with van der Waals surface area (Å²) in [5, 5.41) is 3.11. The van der Waals surface area contributed by atoms with Gasteiger partial charge >= 0.3 is 0 Å². The standard InChI is InChI=1S/C16H18ClFN2O2/c17-13-8-11(18)5-4-10(13)9-19-16(22)14-6-7-15(21)20(14)12-2-1-3-12/h4-5,8,12,14H,1-3,6-7,9H2,(H,19,22)/t14-/m0/s1. The fourth-order valence-corrected chi connectivity index (χ4v) is 3.28. The maximum atomic E-state index is 13.0. The predicted molar refractivity (Wildman–Crippen MR) is 80.8 cm³/mol. The number of amides is 2. The normalized spacial score (nSPS) is 21.8. The van der Waals surface area contributed by atoms with E-state index in [-0.39, 0.29) is 30.4 Å². The Kier molecular flexibility index (Phi) is 4.34. The zero-order chi connectivity index (χ0) is 15.7. The number of hydrogen-bond acceptors (Lipinski definition) is 2. The van der Waals surface area contributed by atoms with Crippen LogP contribution in [-0.4, -0.2) is 28.8 Å². The molecule has 1 heterocycles. The lowest BCUT2D eigenvalue weighted by atomic mass is 9.91. The molecular formula is C16H18ClFN2O2. The number of carbonyl (C=O) groups is 2.